The summed E-state index contributed by atoms with van der Waals surface area (Å²) in [5.74, 6) is -2.04. The van der Waals surface area contributed by atoms with E-state index in [0.29, 0.717) is 0 Å². The van der Waals surface area contributed by atoms with Crippen LogP contribution in [0.25, 0.3) is 0 Å². The van der Waals surface area contributed by atoms with Gasteiger partial charge in [0.25, 0.3) is 0 Å². The Morgan fingerprint density at radius 1 is 1.39 bits per heavy atom. The summed E-state index contributed by atoms with van der Waals surface area (Å²) < 4.78 is 13.3. The molecule has 0 radical (unpaired) electrons. The van der Waals surface area contributed by atoms with Gasteiger partial charge in [-0.15, -0.1) is 0 Å². The van der Waals surface area contributed by atoms with Crippen molar-refractivity contribution in [3.63, 3.8) is 0 Å². The van der Waals surface area contributed by atoms with Crippen LogP contribution in [-0.4, -0.2) is 26.0 Å². The monoisotopic (exact) mass is 268 g/mol. The quantitative estimate of drug-likeness (QED) is 0.829. The molecule has 0 amide bonds. The number of hydrogen-bond donors (Lipinski definition) is 2. The molecular weight excluding hydrogens is 263 g/mol. The fraction of sp³-hybridized carbons (Fsp3) is 0. The summed E-state index contributed by atoms with van der Waals surface area (Å²) in [6.07, 6.45) is 2.30. The van der Waals surface area contributed by atoms with Gasteiger partial charge in [-0.1, -0.05) is 11.6 Å². The predicted molar refractivity (Wildman–Crippen MR) is 61.5 cm³/mol. The van der Waals surface area contributed by atoms with Gasteiger partial charge in [-0.25, -0.2) is 19.7 Å². The summed E-state index contributed by atoms with van der Waals surface area (Å²) in [5, 5.41) is 11.2. The highest BCUT2D eigenvalue weighted by Crippen LogP contribution is 2.25. The molecule has 2 aromatic rings. The van der Waals surface area contributed by atoms with Crippen LogP contribution >= 0.6 is 11.6 Å². The molecule has 0 fully saturated rings. The Hall–Kier alpha value is -2.28. The third-order valence-electron chi connectivity index (χ3n) is 2.00. The normalized spacial score (nSPS) is 10.1. The lowest BCUT2D eigenvalue weighted by atomic mass is 10.3. The first kappa shape index (κ1) is 12.2. The standard InChI is InChI=1S/C10H6ClFN4O2/c11-6-7(10(17)18)14-4-15-9(6)16-5-2-1-3-13-8(5)12/h1-4H,(H,17,18)(H,14,15,16). The second kappa shape index (κ2) is 4.92. The van der Waals surface area contributed by atoms with Gasteiger partial charge in [0.2, 0.25) is 5.95 Å². The minimum absolute atomic E-state index is 0.00373. The summed E-state index contributed by atoms with van der Waals surface area (Å²) in [4.78, 5) is 21.5. The summed E-state index contributed by atoms with van der Waals surface area (Å²) in [5.41, 5.74) is -0.326. The van der Waals surface area contributed by atoms with Crippen molar-refractivity contribution in [1.29, 1.82) is 0 Å². The van der Waals surface area contributed by atoms with Gasteiger partial charge in [-0.3, -0.25) is 0 Å². The van der Waals surface area contributed by atoms with E-state index in [-0.39, 0.29) is 22.2 Å². The smallest absolute Gasteiger partial charge is 0.356 e. The van der Waals surface area contributed by atoms with E-state index in [1.165, 1.54) is 18.3 Å². The summed E-state index contributed by atoms with van der Waals surface area (Å²) in [6.45, 7) is 0. The van der Waals surface area contributed by atoms with Crippen molar-refractivity contribution in [3.05, 3.63) is 41.3 Å². The lowest BCUT2D eigenvalue weighted by Gasteiger charge is -2.08. The van der Waals surface area contributed by atoms with Crippen molar-refractivity contribution >= 4 is 29.1 Å². The van der Waals surface area contributed by atoms with Crippen LogP contribution in [0.15, 0.2) is 24.7 Å². The van der Waals surface area contributed by atoms with Crippen LogP contribution in [-0.2, 0) is 0 Å². The van der Waals surface area contributed by atoms with Crippen LogP contribution in [0, 0.1) is 5.95 Å². The number of halogens is 2. The molecule has 0 aliphatic rings. The molecule has 0 saturated heterocycles. The molecule has 0 unspecified atom stereocenters. The van der Waals surface area contributed by atoms with Crippen LogP contribution in [0.1, 0.15) is 10.5 Å². The van der Waals surface area contributed by atoms with Crippen molar-refractivity contribution in [3.8, 4) is 0 Å². The largest absolute Gasteiger partial charge is 0.476 e. The summed E-state index contributed by atoms with van der Waals surface area (Å²) in [7, 11) is 0. The molecule has 2 rings (SSSR count). The maximum Gasteiger partial charge on any atom is 0.356 e. The maximum atomic E-state index is 13.3. The molecule has 2 N–H and O–H groups in total. The number of nitrogens with zero attached hydrogens (tertiary/aromatic N) is 3. The number of carbonyl (C=O) groups is 1. The number of aromatic carboxylic acids is 1. The van der Waals surface area contributed by atoms with E-state index in [9.17, 15) is 9.18 Å². The third kappa shape index (κ3) is 2.35. The number of aromatic nitrogens is 3. The number of carboxylic acids is 1. The van der Waals surface area contributed by atoms with Gasteiger partial charge in [-0.2, -0.15) is 4.39 Å². The zero-order valence-electron chi connectivity index (χ0n) is 8.76. The Balaban J connectivity index is 2.39. The molecule has 0 atom stereocenters. The molecule has 0 aliphatic carbocycles. The van der Waals surface area contributed by atoms with E-state index >= 15 is 0 Å². The second-order valence-electron chi connectivity index (χ2n) is 3.16. The van der Waals surface area contributed by atoms with E-state index in [1.807, 2.05) is 0 Å². The minimum atomic E-state index is -1.29. The topological polar surface area (TPSA) is 88.0 Å². The number of rotatable bonds is 3. The third-order valence-corrected chi connectivity index (χ3v) is 2.36. The first-order valence-corrected chi connectivity index (χ1v) is 5.08. The fourth-order valence-corrected chi connectivity index (χ4v) is 1.44. The molecular formula is C10H6ClFN4O2. The van der Waals surface area contributed by atoms with Crippen molar-refractivity contribution in [1.82, 2.24) is 15.0 Å². The average molecular weight is 269 g/mol. The van der Waals surface area contributed by atoms with Crippen molar-refractivity contribution < 1.29 is 14.3 Å². The second-order valence-corrected chi connectivity index (χ2v) is 3.53. The Morgan fingerprint density at radius 3 is 2.83 bits per heavy atom. The first-order valence-electron chi connectivity index (χ1n) is 4.71. The van der Waals surface area contributed by atoms with Gasteiger partial charge < -0.3 is 10.4 Å². The fourth-order valence-electron chi connectivity index (χ4n) is 1.21. The van der Waals surface area contributed by atoms with E-state index in [0.717, 1.165) is 6.33 Å². The first-order chi connectivity index (χ1) is 8.59. The van der Waals surface area contributed by atoms with Crippen molar-refractivity contribution in [2.75, 3.05) is 5.32 Å². The molecule has 0 aromatic carbocycles. The lowest BCUT2D eigenvalue weighted by Crippen LogP contribution is -2.06. The van der Waals surface area contributed by atoms with Crippen molar-refractivity contribution in [2.24, 2.45) is 0 Å². The van der Waals surface area contributed by atoms with E-state index < -0.39 is 11.9 Å². The van der Waals surface area contributed by atoms with Gasteiger partial charge in [0.1, 0.15) is 11.3 Å². The Labute approximate surface area is 105 Å². The molecule has 6 nitrogen and oxygen atoms in total. The van der Waals surface area contributed by atoms with Crippen LogP contribution in [0.5, 0.6) is 0 Å². The van der Waals surface area contributed by atoms with Crippen LogP contribution in [0.2, 0.25) is 5.02 Å². The molecule has 92 valence electrons. The SMILES string of the molecule is O=C(O)c1ncnc(Nc2cccnc2F)c1Cl. The van der Waals surface area contributed by atoms with Gasteiger partial charge in [-0.05, 0) is 12.1 Å². The lowest BCUT2D eigenvalue weighted by molar-refractivity contribution is 0.0690. The van der Waals surface area contributed by atoms with Gasteiger partial charge in [0.05, 0.1) is 5.69 Å². The van der Waals surface area contributed by atoms with E-state index in [4.69, 9.17) is 16.7 Å². The Morgan fingerprint density at radius 2 is 2.17 bits per heavy atom. The van der Waals surface area contributed by atoms with E-state index in [1.54, 1.807) is 0 Å². The molecule has 8 heteroatoms. The van der Waals surface area contributed by atoms with E-state index in [2.05, 4.69) is 20.3 Å². The molecule has 0 saturated carbocycles. The predicted octanol–water partition coefficient (Wildman–Crippen LogP) is 2.11. The van der Waals surface area contributed by atoms with Gasteiger partial charge in [0, 0.05) is 6.20 Å². The summed E-state index contributed by atoms with van der Waals surface area (Å²) in [6, 6.07) is 2.93. The van der Waals surface area contributed by atoms with Crippen LogP contribution < -0.4 is 5.32 Å². The zero-order valence-corrected chi connectivity index (χ0v) is 9.52. The highest BCUT2D eigenvalue weighted by atomic mass is 35.5. The maximum absolute atomic E-state index is 13.3. The van der Waals surface area contributed by atoms with Crippen LogP contribution in [0.4, 0.5) is 15.9 Å². The highest BCUT2D eigenvalue weighted by Gasteiger charge is 2.16. The highest BCUT2D eigenvalue weighted by molar-refractivity contribution is 6.35. The molecule has 2 aromatic heterocycles. The minimum Gasteiger partial charge on any atom is -0.476 e. The van der Waals surface area contributed by atoms with Crippen LogP contribution in [0.3, 0.4) is 0 Å². The number of pyridine rings is 1. The molecule has 0 spiro atoms. The average Bonchev–Trinajstić information content (AvgIpc) is 2.34. The summed E-state index contributed by atoms with van der Waals surface area (Å²) >= 11 is 5.79. The molecule has 0 aliphatic heterocycles. The zero-order chi connectivity index (χ0) is 13.1. The Kier molecular flexibility index (Phi) is 3.33. The molecule has 0 bridgehead atoms. The van der Waals surface area contributed by atoms with Crippen molar-refractivity contribution in [2.45, 2.75) is 0 Å². The van der Waals surface area contributed by atoms with Gasteiger partial charge in [0.15, 0.2) is 11.5 Å². The molecule has 2 heterocycles. The van der Waals surface area contributed by atoms with Gasteiger partial charge >= 0.3 is 5.97 Å². The number of anilines is 2. The Bertz CT molecular complexity index is 608. The number of carboxylic acid groups (broad SMARTS) is 1. The number of nitrogens with one attached hydrogen (secondary N) is 1. The molecule has 18 heavy (non-hydrogen) atoms. The number of hydrogen-bond acceptors (Lipinski definition) is 5.